The summed E-state index contributed by atoms with van der Waals surface area (Å²) in [6, 6.07) is 0.294. The number of amides is 2. The Hall–Kier alpha value is -1.57. The molecule has 0 bridgehead atoms. The van der Waals surface area contributed by atoms with Crippen LogP contribution in [0.4, 0.5) is 0 Å². The Morgan fingerprint density at radius 3 is 2.75 bits per heavy atom. The van der Waals surface area contributed by atoms with Crippen LogP contribution in [-0.4, -0.2) is 38.4 Å². The molecule has 0 aromatic carbocycles. The second kappa shape index (κ2) is 9.05. The Kier molecular flexibility index (Phi) is 7.08. The van der Waals surface area contributed by atoms with Crippen molar-refractivity contribution in [3.8, 4) is 0 Å². The number of hydrogen-bond acceptors (Lipinski definition) is 5. The minimum absolute atomic E-state index is 0.0445. The van der Waals surface area contributed by atoms with Gasteiger partial charge in [-0.1, -0.05) is 31.5 Å². The van der Waals surface area contributed by atoms with Crippen LogP contribution in [0.2, 0.25) is 0 Å². The molecule has 0 aliphatic heterocycles. The summed E-state index contributed by atoms with van der Waals surface area (Å²) in [6.45, 7) is 4.89. The predicted octanol–water partition coefficient (Wildman–Crippen LogP) is 1.50. The molecule has 3 N–H and O–H groups in total. The number of aryl methyl sites for hydroxylation is 1. The molecule has 1 heterocycles. The van der Waals surface area contributed by atoms with Gasteiger partial charge in [-0.3, -0.25) is 9.59 Å². The fourth-order valence-electron chi connectivity index (χ4n) is 3.07. The third-order valence-electron chi connectivity index (χ3n) is 4.49. The van der Waals surface area contributed by atoms with Crippen LogP contribution in [0, 0.1) is 5.92 Å². The van der Waals surface area contributed by atoms with Crippen molar-refractivity contribution in [2.75, 3.05) is 5.75 Å². The molecule has 0 radical (unpaired) electrons. The number of nitrogens with two attached hydrogens (primary N) is 1. The zero-order valence-electron chi connectivity index (χ0n) is 14.5. The largest absolute Gasteiger partial charge is 0.370 e. The highest BCUT2D eigenvalue weighted by Gasteiger charge is 2.23. The Morgan fingerprint density at radius 2 is 2.08 bits per heavy atom. The van der Waals surface area contributed by atoms with Gasteiger partial charge in [0.25, 0.3) is 0 Å². The van der Waals surface area contributed by atoms with Gasteiger partial charge < -0.3 is 15.6 Å². The summed E-state index contributed by atoms with van der Waals surface area (Å²) < 4.78 is 1.93. The van der Waals surface area contributed by atoms with E-state index in [0.29, 0.717) is 35.8 Å². The van der Waals surface area contributed by atoms with Gasteiger partial charge in [0.05, 0.1) is 5.75 Å². The maximum absolute atomic E-state index is 12.2. The van der Waals surface area contributed by atoms with Crippen molar-refractivity contribution >= 4 is 23.6 Å². The lowest BCUT2D eigenvalue weighted by atomic mass is 9.86. The van der Waals surface area contributed by atoms with Gasteiger partial charge in [0, 0.05) is 25.4 Å². The average molecular weight is 353 g/mol. The number of carbonyl (C=O) groups is 2. The molecule has 1 aromatic rings. The lowest BCUT2D eigenvalue weighted by molar-refractivity contribution is -0.120. The number of carbonyl (C=O) groups excluding carboxylic acids is 2. The topological polar surface area (TPSA) is 103 Å². The first-order chi connectivity index (χ1) is 11.5. The van der Waals surface area contributed by atoms with Gasteiger partial charge in [0.15, 0.2) is 5.16 Å². The van der Waals surface area contributed by atoms with Gasteiger partial charge in [-0.2, -0.15) is 0 Å². The lowest BCUT2D eigenvalue weighted by Crippen LogP contribution is -2.41. The Bertz CT molecular complexity index is 575. The van der Waals surface area contributed by atoms with Crippen LogP contribution in [-0.2, 0) is 22.6 Å². The van der Waals surface area contributed by atoms with E-state index in [4.69, 9.17) is 5.73 Å². The fourth-order valence-corrected chi connectivity index (χ4v) is 3.91. The van der Waals surface area contributed by atoms with Gasteiger partial charge >= 0.3 is 0 Å². The number of aromatic nitrogens is 3. The van der Waals surface area contributed by atoms with E-state index in [1.165, 1.54) is 31.0 Å². The minimum Gasteiger partial charge on any atom is -0.370 e. The summed E-state index contributed by atoms with van der Waals surface area (Å²) in [5.74, 6) is 1.31. The molecule has 0 unspecified atom stereocenters. The highest BCUT2D eigenvalue weighted by molar-refractivity contribution is 7.99. The number of nitrogens with one attached hydrogen (secondary N) is 1. The van der Waals surface area contributed by atoms with Crippen molar-refractivity contribution < 1.29 is 9.59 Å². The van der Waals surface area contributed by atoms with E-state index >= 15 is 0 Å². The maximum atomic E-state index is 12.2. The standard InChI is InChI=1S/C16H27N5O2S/c1-3-21-14(9-8-13(17)22)19-20-16(21)24-10-15(23)18-12-7-5-4-6-11(12)2/h11-12H,3-10H2,1-2H3,(H2,17,22)(H,18,23)/t11-,12-/m0/s1. The number of primary amides is 1. The second-order valence-corrected chi connectivity index (χ2v) is 7.28. The lowest BCUT2D eigenvalue weighted by Gasteiger charge is -2.29. The molecule has 2 amide bonds. The van der Waals surface area contributed by atoms with Crippen LogP contribution < -0.4 is 11.1 Å². The van der Waals surface area contributed by atoms with Crippen LogP contribution in [0.15, 0.2) is 5.16 Å². The predicted molar refractivity (Wildman–Crippen MR) is 93.5 cm³/mol. The van der Waals surface area contributed by atoms with Crippen LogP contribution in [0.1, 0.15) is 51.8 Å². The summed E-state index contributed by atoms with van der Waals surface area (Å²) >= 11 is 1.39. The number of hydrogen-bond donors (Lipinski definition) is 2. The molecule has 134 valence electrons. The molecule has 7 nitrogen and oxygen atoms in total. The first-order valence-corrected chi connectivity index (χ1v) is 9.62. The highest BCUT2D eigenvalue weighted by Crippen LogP contribution is 2.24. The van der Waals surface area contributed by atoms with E-state index < -0.39 is 0 Å². The Morgan fingerprint density at radius 1 is 1.33 bits per heavy atom. The molecule has 1 aliphatic carbocycles. The van der Waals surface area contributed by atoms with Crippen LogP contribution >= 0.6 is 11.8 Å². The number of thioether (sulfide) groups is 1. The quantitative estimate of drug-likeness (QED) is 0.690. The molecule has 8 heteroatoms. The first kappa shape index (κ1) is 18.8. The van der Waals surface area contributed by atoms with Gasteiger partial charge in [-0.25, -0.2) is 0 Å². The van der Waals surface area contributed by atoms with Crippen molar-refractivity contribution in [1.82, 2.24) is 20.1 Å². The monoisotopic (exact) mass is 353 g/mol. The molecule has 1 saturated carbocycles. The first-order valence-electron chi connectivity index (χ1n) is 8.63. The summed E-state index contributed by atoms with van der Waals surface area (Å²) in [4.78, 5) is 23.1. The van der Waals surface area contributed by atoms with Gasteiger partial charge in [-0.15, -0.1) is 10.2 Å². The van der Waals surface area contributed by atoms with E-state index in [0.717, 1.165) is 12.2 Å². The second-order valence-electron chi connectivity index (χ2n) is 6.33. The van der Waals surface area contributed by atoms with Crippen molar-refractivity contribution in [3.05, 3.63) is 5.82 Å². The van der Waals surface area contributed by atoms with E-state index in [1.54, 1.807) is 0 Å². The smallest absolute Gasteiger partial charge is 0.230 e. The normalized spacial score (nSPS) is 20.8. The van der Waals surface area contributed by atoms with Crippen LogP contribution in [0.25, 0.3) is 0 Å². The zero-order valence-corrected chi connectivity index (χ0v) is 15.3. The molecule has 2 atom stereocenters. The molecule has 0 saturated heterocycles. The highest BCUT2D eigenvalue weighted by atomic mass is 32.2. The third-order valence-corrected chi connectivity index (χ3v) is 5.46. The van der Waals surface area contributed by atoms with Crippen molar-refractivity contribution in [3.63, 3.8) is 0 Å². The number of nitrogens with zero attached hydrogens (tertiary/aromatic N) is 3. The summed E-state index contributed by atoms with van der Waals surface area (Å²) in [5.41, 5.74) is 5.18. The average Bonchev–Trinajstić information content (AvgIpc) is 2.95. The van der Waals surface area contributed by atoms with Crippen molar-refractivity contribution in [2.45, 2.75) is 70.1 Å². The molecule has 24 heavy (non-hydrogen) atoms. The van der Waals surface area contributed by atoms with E-state index in [1.807, 2.05) is 11.5 Å². The van der Waals surface area contributed by atoms with Gasteiger partial charge in [0.1, 0.15) is 5.82 Å². The molecular weight excluding hydrogens is 326 g/mol. The minimum atomic E-state index is -0.351. The summed E-state index contributed by atoms with van der Waals surface area (Å²) in [6.07, 6.45) is 5.43. The maximum Gasteiger partial charge on any atom is 0.230 e. The number of rotatable bonds is 8. The van der Waals surface area contributed by atoms with E-state index in [9.17, 15) is 9.59 Å². The fraction of sp³-hybridized carbons (Fsp3) is 0.750. The molecule has 1 aliphatic rings. The van der Waals surface area contributed by atoms with E-state index in [-0.39, 0.29) is 18.2 Å². The molecule has 1 aromatic heterocycles. The Balaban J connectivity index is 1.86. The van der Waals surface area contributed by atoms with Crippen LogP contribution in [0.5, 0.6) is 0 Å². The summed E-state index contributed by atoms with van der Waals surface area (Å²) in [5, 5.41) is 12.1. The zero-order chi connectivity index (χ0) is 17.5. The van der Waals surface area contributed by atoms with Crippen LogP contribution in [0.3, 0.4) is 0 Å². The summed E-state index contributed by atoms with van der Waals surface area (Å²) in [7, 11) is 0. The molecular formula is C16H27N5O2S. The SMILES string of the molecule is CCn1c(CCC(N)=O)nnc1SCC(=O)N[C@H]1CCCC[C@@H]1C. The Labute approximate surface area is 147 Å². The molecule has 2 rings (SSSR count). The molecule has 1 fully saturated rings. The van der Waals surface area contributed by atoms with Gasteiger partial charge in [-0.05, 0) is 25.7 Å². The van der Waals surface area contributed by atoms with E-state index in [2.05, 4.69) is 22.4 Å². The van der Waals surface area contributed by atoms with Gasteiger partial charge in [0.2, 0.25) is 11.8 Å². The van der Waals surface area contributed by atoms with Crippen molar-refractivity contribution in [1.29, 1.82) is 0 Å². The van der Waals surface area contributed by atoms with Crippen molar-refractivity contribution in [2.24, 2.45) is 11.7 Å². The third kappa shape index (κ3) is 5.22. The molecule has 0 spiro atoms.